The number of nitrogens with zero attached hydrogens (tertiary/aromatic N) is 2. The molecule has 16 heavy (non-hydrogen) atoms. The van der Waals surface area contributed by atoms with Crippen molar-refractivity contribution in [2.75, 3.05) is 24.3 Å². The van der Waals surface area contributed by atoms with Crippen LogP contribution in [0.2, 0.25) is 0 Å². The highest BCUT2D eigenvalue weighted by Gasteiger charge is 2.02. The lowest BCUT2D eigenvalue weighted by molar-refractivity contribution is -0.121. The molecule has 0 saturated carbocycles. The van der Waals surface area contributed by atoms with Crippen LogP contribution < -0.4 is 11.1 Å². The Labute approximate surface area is 99.8 Å². The van der Waals surface area contributed by atoms with Gasteiger partial charge in [0.05, 0.1) is 11.9 Å². The molecule has 3 N–H and O–H groups in total. The van der Waals surface area contributed by atoms with Crippen molar-refractivity contribution >= 4 is 23.4 Å². The van der Waals surface area contributed by atoms with E-state index < -0.39 is 0 Å². The summed E-state index contributed by atoms with van der Waals surface area (Å²) in [5, 5.41) is 6.79. The van der Waals surface area contributed by atoms with Gasteiger partial charge in [-0.1, -0.05) is 0 Å². The maximum atomic E-state index is 11.4. The molecule has 1 rings (SSSR count). The van der Waals surface area contributed by atoms with Crippen LogP contribution in [0.1, 0.15) is 12.8 Å². The van der Waals surface area contributed by atoms with Crippen LogP contribution in [0.5, 0.6) is 0 Å². The molecule has 1 amide bonds. The van der Waals surface area contributed by atoms with Crippen LogP contribution >= 0.6 is 11.8 Å². The fraction of sp³-hybridized carbons (Fsp3) is 0.600. The van der Waals surface area contributed by atoms with Crippen LogP contribution in [-0.4, -0.2) is 34.2 Å². The Balaban J connectivity index is 2.11. The SMILES string of the molecule is CSCCCCNC(=O)Cn1cc(N)cn1. The smallest absolute Gasteiger partial charge is 0.241 e. The second-order valence-electron chi connectivity index (χ2n) is 3.52. The minimum absolute atomic E-state index is 0.0211. The number of nitrogens with one attached hydrogen (secondary N) is 1. The third-order valence-electron chi connectivity index (χ3n) is 2.06. The summed E-state index contributed by atoms with van der Waals surface area (Å²) in [5.41, 5.74) is 6.07. The molecular weight excluding hydrogens is 224 g/mol. The van der Waals surface area contributed by atoms with Crippen LogP contribution in [0.3, 0.4) is 0 Å². The van der Waals surface area contributed by atoms with Crippen molar-refractivity contribution in [3.05, 3.63) is 12.4 Å². The first-order valence-electron chi connectivity index (χ1n) is 5.26. The molecule has 0 aliphatic carbocycles. The third kappa shape index (κ3) is 5.06. The van der Waals surface area contributed by atoms with Crippen molar-refractivity contribution in [1.29, 1.82) is 0 Å². The number of aromatic nitrogens is 2. The highest BCUT2D eigenvalue weighted by atomic mass is 32.2. The first-order chi connectivity index (χ1) is 7.72. The first-order valence-corrected chi connectivity index (χ1v) is 6.65. The number of carbonyl (C=O) groups is 1. The maximum Gasteiger partial charge on any atom is 0.241 e. The topological polar surface area (TPSA) is 72.9 Å². The van der Waals surface area contributed by atoms with E-state index in [1.165, 1.54) is 10.9 Å². The molecule has 0 saturated heterocycles. The molecule has 1 aromatic rings. The van der Waals surface area contributed by atoms with E-state index in [1.54, 1.807) is 6.20 Å². The van der Waals surface area contributed by atoms with Crippen LogP contribution in [0.4, 0.5) is 5.69 Å². The zero-order valence-electron chi connectivity index (χ0n) is 9.48. The Bertz CT molecular complexity index is 326. The van der Waals surface area contributed by atoms with E-state index in [0.717, 1.165) is 25.1 Å². The highest BCUT2D eigenvalue weighted by Crippen LogP contribution is 1.98. The number of carbonyl (C=O) groups excluding carboxylic acids is 1. The van der Waals surface area contributed by atoms with Gasteiger partial charge in [0.2, 0.25) is 5.91 Å². The number of hydrogen-bond acceptors (Lipinski definition) is 4. The molecule has 0 aliphatic rings. The third-order valence-corrected chi connectivity index (χ3v) is 2.75. The number of thioether (sulfide) groups is 1. The molecule has 1 heterocycles. The minimum Gasteiger partial charge on any atom is -0.396 e. The van der Waals surface area contributed by atoms with E-state index in [4.69, 9.17) is 5.73 Å². The predicted molar refractivity (Wildman–Crippen MR) is 67.3 cm³/mol. The molecule has 0 fully saturated rings. The van der Waals surface area contributed by atoms with Gasteiger partial charge >= 0.3 is 0 Å². The van der Waals surface area contributed by atoms with E-state index in [9.17, 15) is 4.79 Å². The molecule has 6 heteroatoms. The molecule has 0 aromatic carbocycles. The molecule has 0 atom stereocenters. The summed E-state index contributed by atoms with van der Waals surface area (Å²) in [4.78, 5) is 11.4. The average molecular weight is 242 g/mol. The van der Waals surface area contributed by atoms with Gasteiger partial charge in [0, 0.05) is 12.7 Å². The van der Waals surface area contributed by atoms with Crippen LogP contribution in [0.25, 0.3) is 0 Å². The lowest BCUT2D eigenvalue weighted by Gasteiger charge is -2.04. The molecule has 0 bridgehead atoms. The number of unbranched alkanes of at least 4 members (excludes halogenated alkanes) is 1. The molecule has 0 unspecified atom stereocenters. The Hall–Kier alpha value is -1.17. The van der Waals surface area contributed by atoms with Gasteiger partial charge in [-0.15, -0.1) is 0 Å². The molecule has 90 valence electrons. The largest absolute Gasteiger partial charge is 0.396 e. The summed E-state index contributed by atoms with van der Waals surface area (Å²) in [7, 11) is 0. The fourth-order valence-electron chi connectivity index (χ4n) is 1.27. The first kappa shape index (κ1) is 12.9. The Morgan fingerprint density at radius 1 is 1.62 bits per heavy atom. The van der Waals surface area contributed by atoms with Gasteiger partial charge in [0.25, 0.3) is 0 Å². The van der Waals surface area contributed by atoms with Crippen LogP contribution in [0, 0.1) is 0 Å². The monoisotopic (exact) mass is 242 g/mol. The van der Waals surface area contributed by atoms with Crippen molar-refractivity contribution in [2.24, 2.45) is 0 Å². The number of amides is 1. The van der Waals surface area contributed by atoms with Gasteiger partial charge in [-0.25, -0.2) is 0 Å². The Morgan fingerprint density at radius 2 is 2.44 bits per heavy atom. The summed E-state index contributed by atoms with van der Waals surface area (Å²) in [6.45, 7) is 0.968. The van der Waals surface area contributed by atoms with Crippen LogP contribution in [-0.2, 0) is 11.3 Å². The molecular formula is C10H18N4OS. The number of rotatable bonds is 7. The zero-order valence-corrected chi connectivity index (χ0v) is 10.3. The average Bonchev–Trinajstić information content (AvgIpc) is 2.63. The molecule has 0 aliphatic heterocycles. The highest BCUT2D eigenvalue weighted by molar-refractivity contribution is 7.98. The van der Waals surface area contributed by atoms with Crippen molar-refractivity contribution in [3.63, 3.8) is 0 Å². The second-order valence-corrected chi connectivity index (χ2v) is 4.51. The van der Waals surface area contributed by atoms with E-state index in [-0.39, 0.29) is 12.5 Å². The quantitative estimate of drug-likeness (QED) is 0.691. The molecule has 1 aromatic heterocycles. The molecule has 0 spiro atoms. The van der Waals surface area contributed by atoms with Gasteiger partial charge in [-0.2, -0.15) is 16.9 Å². The van der Waals surface area contributed by atoms with E-state index in [2.05, 4.69) is 16.7 Å². The second kappa shape index (κ2) is 7.16. The van der Waals surface area contributed by atoms with Crippen molar-refractivity contribution in [1.82, 2.24) is 15.1 Å². The lowest BCUT2D eigenvalue weighted by Crippen LogP contribution is -2.28. The lowest BCUT2D eigenvalue weighted by atomic mass is 10.3. The number of nitrogens with two attached hydrogens (primary N) is 1. The van der Waals surface area contributed by atoms with Gasteiger partial charge < -0.3 is 11.1 Å². The molecule has 5 nitrogen and oxygen atoms in total. The summed E-state index contributed by atoms with van der Waals surface area (Å²) in [6, 6.07) is 0. The minimum atomic E-state index is -0.0211. The maximum absolute atomic E-state index is 11.4. The molecule has 0 radical (unpaired) electrons. The van der Waals surface area contributed by atoms with E-state index in [1.807, 2.05) is 11.8 Å². The van der Waals surface area contributed by atoms with Gasteiger partial charge in [0.15, 0.2) is 0 Å². The number of anilines is 1. The fourth-order valence-corrected chi connectivity index (χ4v) is 1.76. The van der Waals surface area contributed by atoms with Gasteiger partial charge in [0.1, 0.15) is 6.54 Å². The predicted octanol–water partition coefficient (Wildman–Crippen LogP) is 0.725. The Kier molecular flexibility index (Phi) is 5.77. The van der Waals surface area contributed by atoms with Gasteiger partial charge in [-0.05, 0) is 24.9 Å². The summed E-state index contributed by atoms with van der Waals surface area (Å²) >= 11 is 1.83. The Morgan fingerprint density at radius 3 is 3.06 bits per heavy atom. The van der Waals surface area contributed by atoms with E-state index in [0.29, 0.717) is 5.69 Å². The summed E-state index contributed by atoms with van der Waals surface area (Å²) in [6.07, 6.45) is 7.42. The van der Waals surface area contributed by atoms with Crippen molar-refractivity contribution < 1.29 is 4.79 Å². The summed E-state index contributed by atoms with van der Waals surface area (Å²) in [5.74, 6) is 1.12. The van der Waals surface area contributed by atoms with Crippen LogP contribution in [0.15, 0.2) is 12.4 Å². The normalized spacial score (nSPS) is 10.3. The van der Waals surface area contributed by atoms with Crippen molar-refractivity contribution in [2.45, 2.75) is 19.4 Å². The van der Waals surface area contributed by atoms with E-state index >= 15 is 0 Å². The zero-order chi connectivity index (χ0) is 11.8. The summed E-state index contributed by atoms with van der Waals surface area (Å²) < 4.78 is 1.53. The number of hydrogen-bond donors (Lipinski definition) is 2. The standard InChI is InChI=1S/C10H18N4OS/c1-16-5-3-2-4-12-10(15)8-14-7-9(11)6-13-14/h6-7H,2-5,8,11H2,1H3,(H,12,15). The number of nitrogen functional groups attached to an aromatic ring is 1. The van der Waals surface area contributed by atoms with Crippen molar-refractivity contribution in [3.8, 4) is 0 Å². The van der Waals surface area contributed by atoms with Gasteiger partial charge in [-0.3, -0.25) is 9.48 Å².